The number of hydrogen-bond acceptors (Lipinski definition) is 6. The smallest absolute Gasteiger partial charge is 0.275 e. The summed E-state index contributed by atoms with van der Waals surface area (Å²) in [6.07, 6.45) is 2.93. The van der Waals surface area contributed by atoms with E-state index in [1.807, 2.05) is 23.1 Å². The molecule has 32 heavy (non-hydrogen) atoms. The van der Waals surface area contributed by atoms with Gasteiger partial charge in [0, 0.05) is 38.8 Å². The number of rotatable bonds is 3. The van der Waals surface area contributed by atoms with Crippen molar-refractivity contribution in [3.8, 4) is 0 Å². The third kappa shape index (κ3) is 3.86. The normalized spacial score (nSPS) is 21.5. The number of fused-ring (bicyclic) bond motifs is 1. The van der Waals surface area contributed by atoms with E-state index in [1.165, 1.54) is 4.68 Å². The topological polar surface area (TPSA) is 84.2 Å². The van der Waals surface area contributed by atoms with Crippen LogP contribution >= 0.6 is 34.9 Å². The number of aromatic nitrogens is 4. The maximum Gasteiger partial charge on any atom is 0.275 e. The molecule has 0 radical (unpaired) electrons. The Bertz CT molecular complexity index is 1190. The zero-order chi connectivity index (χ0) is 22.4. The molecular weight excluding hydrogens is 471 g/mol. The Morgan fingerprint density at radius 3 is 2.47 bits per heavy atom. The number of piperidine rings is 1. The van der Waals surface area contributed by atoms with Gasteiger partial charge in [0.1, 0.15) is 21.2 Å². The lowest BCUT2D eigenvalue weighted by molar-refractivity contribution is 0.0617. The number of carbonyl (C=O) groups is 2. The number of likely N-dealkylation sites (tertiary alicyclic amines) is 2. The number of amides is 2. The minimum absolute atomic E-state index is 0.0328. The summed E-state index contributed by atoms with van der Waals surface area (Å²) in [6, 6.07) is 5.50. The predicted octanol–water partition coefficient (Wildman–Crippen LogP) is 3.75. The van der Waals surface area contributed by atoms with E-state index in [2.05, 4.69) is 13.8 Å². The first-order valence-corrected chi connectivity index (χ1v) is 12.1. The van der Waals surface area contributed by atoms with E-state index in [9.17, 15) is 9.59 Å². The molecule has 2 unspecified atom stereocenters. The van der Waals surface area contributed by atoms with E-state index in [0.717, 1.165) is 48.6 Å². The summed E-state index contributed by atoms with van der Waals surface area (Å²) < 4.78 is 9.86. The van der Waals surface area contributed by atoms with Gasteiger partial charge in [0.05, 0.1) is 11.7 Å². The van der Waals surface area contributed by atoms with Crippen molar-refractivity contribution in [2.45, 2.75) is 19.3 Å². The van der Waals surface area contributed by atoms with E-state index in [0.29, 0.717) is 37.0 Å². The first-order valence-electron chi connectivity index (χ1n) is 10.6. The molecule has 0 spiro atoms. The largest absolute Gasteiger partial charge is 0.338 e. The Labute approximate surface area is 199 Å². The second kappa shape index (κ2) is 8.61. The van der Waals surface area contributed by atoms with Crippen LogP contribution in [0.15, 0.2) is 18.2 Å². The molecule has 11 heteroatoms. The Kier molecular flexibility index (Phi) is 5.81. The zero-order valence-electron chi connectivity index (χ0n) is 17.5. The van der Waals surface area contributed by atoms with Gasteiger partial charge in [-0.2, -0.15) is 13.8 Å². The Morgan fingerprint density at radius 1 is 1.00 bits per heavy atom. The van der Waals surface area contributed by atoms with Crippen molar-refractivity contribution in [2.75, 3.05) is 26.2 Å². The monoisotopic (exact) mass is 492 g/mol. The number of halogens is 2. The van der Waals surface area contributed by atoms with Crippen LogP contribution in [0.5, 0.6) is 0 Å². The van der Waals surface area contributed by atoms with Crippen LogP contribution in [0.3, 0.4) is 0 Å². The summed E-state index contributed by atoms with van der Waals surface area (Å²) in [5.74, 6) is 0.551. The fourth-order valence-electron chi connectivity index (χ4n) is 4.80. The van der Waals surface area contributed by atoms with Crippen LogP contribution in [-0.4, -0.2) is 66.3 Å². The molecule has 4 heterocycles. The molecule has 2 aliphatic heterocycles. The Morgan fingerprint density at radius 2 is 1.72 bits per heavy atom. The van der Waals surface area contributed by atoms with Gasteiger partial charge in [-0.15, -0.1) is 0 Å². The molecule has 3 aromatic rings. The molecule has 2 saturated heterocycles. The van der Waals surface area contributed by atoms with Gasteiger partial charge in [-0.25, -0.2) is 0 Å². The van der Waals surface area contributed by atoms with Gasteiger partial charge in [0.25, 0.3) is 11.8 Å². The van der Waals surface area contributed by atoms with Gasteiger partial charge in [-0.3, -0.25) is 14.3 Å². The summed E-state index contributed by atoms with van der Waals surface area (Å²) in [5.41, 5.74) is 2.42. The summed E-state index contributed by atoms with van der Waals surface area (Å²) in [5, 5.41) is 4.64. The van der Waals surface area contributed by atoms with Gasteiger partial charge >= 0.3 is 0 Å². The highest BCUT2D eigenvalue weighted by atomic mass is 35.5. The molecular formula is C21H22Cl2N6O2S. The summed E-state index contributed by atoms with van der Waals surface area (Å²) in [7, 11) is 1.66. The third-order valence-electron chi connectivity index (χ3n) is 6.55. The van der Waals surface area contributed by atoms with E-state index in [-0.39, 0.29) is 27.7 Å². The van der Waals surface area contributed by atoms with Gasteiger partial charge < -0.3 is 9.80 Å². The van der Waals surface area contributed by atoms with E-state index < -0.39 is 0 Å². The van der Waals surface area contributed by atoms with Crippen molar-refractivity contribution >= 4 is 57.8 Å². The van der Waals surface area contributed by atoms with Crippen LogP contribution in [0.25, 0.3) is 11.0 Å². The van der Waals surface area contributed by atoms with Crippen molar-refractivity contribution < 1.29 is 9.59 Å². The molecule has 2 aliphatic rings. The standard InChI is InChI=1S/C21H22Cl2N6O2S/c1-27-19(23)17(22)18(24-27)21(31)29-8-6-14(11-29)13-3-2-7-28(10-13)20(30)12-4-5-15-16(9-12)26-32-25-15/h4-5,9,13-14H,2-3,6-8,10-11H2,1H3. The minimum Gasteiger partial charge on any atom is -0.338 e. The zero-order valence-corrected chi connectivity index (χ0v) is 19.8. The first-order chi connectivity index (χ1) is 15.4. The minimum atomic E-state index is -0.186. The highest BCUT2D eigenvalue weighted by molar-refractivity contribution is 7.00. The van der Waals surface area contributed by atoms with Gasteiger partial charge in [-0.05, 0) is 49.3 Å². The SMILES string of the molecule is Cn1nc(C(=O)N2CCC(C3CCCN(C(=O)c4ccc5nsnc5c4)C3)C2)c(Cl)c1Cl. The number of hydrogen-bond donors (Lipinski definition) is 0. The summed E-state index contributed by atoms with van der Waals surface area (Å²) >= 11 is 13.4. The fourth-order valence-corrected chi connectivity index (χ4v) is 5.68. The number of nitrogens with zero attached hydrogens (tertiary/aromatic N) is 6. The lowest BCUT2D eigenvalue weighted by Crippen LogP contribution is -2.42. The molecule has 0 aliphatic carbocycles. The van der Waals surface area contributed by atoms with Crippen LogP contribution in [0.2, 0.25) is 10.2 Å². The summed E-state index contributed by atoms with van der Waals surface area (Å²) in [4.78, 5) is 29.8. The Balaban J connectivity index is 1.25. The number of benzene rings is 1. The average Bonchev–Trinajstić information content (AvgIpc) is 3.54. The van der Waals surface area contributed by atoms with Gasteiger partial charge in [-0.1, -0.05) is 23.2 Å². The lowest BCUT2D eigenvalue weighted by Gasteiger charge is -2.35. The predicted molar refractivity (Wildman–Crippen MR) is 123 cm³/mol. The second-order valence-electron chi connectivity index (χ2n) is 8.50. The van der Waals surface area contributed by atoms with Crippen molar-refractivity contribution in [3.05, 3.63) is 39.6 Å². The molecule has 8 nitrogen and oxygen atoms in total. The molecule has 168 valence electrons. The molecule has 2 fully saturated rings. The molecule has 2 aromatic heterocycles. The van der Waals surface area contributed by atoms with Crippen molar-refractivity contribution in [3.63, 3.8) is 0 Å². The molecule has 0 saturated carbocycles. The van der Waals surface area contributed by atoms with E-state index in [1.54, 1.807) is 11.9 Å². The Hall–Kier alpha value is -2.23. The first kappa shape index (κ1) is 21.6. The van der Waals surface area contributed by atoms with Crippen LogP contribution < -0.4 is 0 Å². The van der Waals surface area contributed by atoms with Crippen LogP contribution in [0.1, 0.15) is 40.1 Å². The molecule has 1 aromatic carbocycles. The van der Waals surface area contributed by atoms with E-state index >= 15 is 0 Å². The van der Waals surface area contributed by atoms with Gasteiger partial charge in [0.15, 0.2) is 5.69 Å². The molecule has 0 N–H and O–H groups in total. The fraction of sp³-hybridized carbons (Fsp3) is 0.476. The van der Waals surface area contributed by atoms with Crippen molar-refractivity contribution in [1.82, 2.24) is 28.3 Å². The second-order valence-corrected chi connectivity index (χ2v) is 9.76. The van der Waals surface area contributed by atoms with Crippen LogP contribution in [0.4, 0.5) is 0 Å². The van der Waals surface area contributed by atoms with Crippen LogP contribution in [0, 0.1) is 11.8 Å². The highest BCUT2D eigenvalue weighted by Gasteiger charge is 2.37. The summed E-state index contributed by atoms with van der Waals surface area (Å²) in [6.45, 7) is 2.76. The number of carbonyl (C=O) groups excluding carboxylic acids is 2. The maximum absolute atomic E-state index is 13.1. The van der Waals surface area contributed by atoms with Crippen molar-refractivity contribution in [1.29, 1.82) is 0 Å². The maximum atomic E-state index is 13.1. The third-order valence-corrected chi connectivity index (χ3v) is 8.00. The molecule has 5 rings (SSSR count). The van der Waals surface area contributed by atoms with E-state index in [4.69, 9.17) is 23.2 Å². The van der Waals surface area contributed by atoms with Crippen LogP contribution in [-0.2, 0) is 7.05 Å². The molecule has 2 atom stereocenters. The lowest BCUT2D eigenvalue weighted by atomic mass is 9.84. The average molecular weight is 493 g/mol. The molecule has 0 bridgehead atoms. The van der Waals surface area contributed by atoms with Gasteiger partial charge in [0.2, 0.25) is 0 Å². The van der Waals surface area contributed by atoms with Crippen molar-refractivity contribution in [2.24, 2.45) is 18.9 Å². The highest BCUT2D eigenvalue weighted by Crippen LogP contribution is 2.33. The quantitative estimate of drug-likeness (QED) is 0.555. The molecule has 2 amide bonds. The number of aryl methyl sites for hydroxylation is 1.